The van der Waals surface area contributed by atoms with Crippen LogP contribution in [0.5, 0.6) is 0 Å². The molecular formula is C54H50N6. The Morgan fingerprint density at radius 1 is 0.533 bits per heavy atom. The third kappa shape index (κ3) is 6.04. The van der Waals surface area contributed by atoms with Crippen LogP contribution in [0, 0.1) is 20.8 Å². The fourth-order valence-electron chi connectivity index (χ4n) is 9.26. The maximum atomic E-state index is 5.64. The molecule has 0 bridgehead atoms. The summed E-state index contributed by atoms with van der Waals surface area (Å²) >= 11 is 0. The van der Waals surface area contributed by atoms with E-state index in [1.54, 1.807) is 0 Å². The van der Waals surface area contributed by atoms with Crippen molar-refractivity contribution in [1.82, 2.24) is 29.3 Å². The largest absolute Gasteiger partial charge is 0.294 e. The van der Waals surface area contributed by atoms with Crippen LogP contribution < -0.4 is 0 Å². The molecule has 0 amide bonds. The molecule has 0 aliphatic rings. The van der Waals surface area contributed by atoms with Crippen molar-refractivity contribution in [1.29, 1.82) is 0 Å². The van der Waals surface area contributed by atoms with Crippen molar-refractivity contribution in [2.45, 2.75) is 73.1 Å². The number of para-hydroxylation sites is 1. The van der Waals surface area contributed by atoms with Crippen molar-refractivity contribution >= 4 is 43.7 Å². The number of H-pyrrole nitrogens is 1. The Hall–Kier alpha value is -6.79. The van der Waals surface area contributed by atoms with Gasteiger partial charge >= 0.3 is 0 Å². The smallest absolute Gasteiger partial charge is 0.146 e. The molecule has 0 spiro atoms. The molecule has 296 valence electrons. The van der Waals surface area contributed by atoms with Gasteiger partial charge in [0.15, 0.2) is 0 Å². The summed E-state index contributed by atoms with van der Waals surface area (Å²) < 4.78 is 4.67. The molecular weight excluding hydrogens is 733 g/mol. The minimum absolute atomic E-state index is 0.0207. The number of benzene rings is 5. The van der Waals surface area contributed by atoms with Gasteiger partial charge in [-0.25, -0.2) is 9.97 Å². The average Bonchev–Trinajstić information content (AvgIpc) is 3.90. The highest BCUT2D eigenvalue weighted by molar-refractivity contribution is 6.12. The third-order valence-electron chi connectivity index (χ3n) is 12.2. The molecule has 0 fully saturated rings. The monoisotopic (exact) mass is 782 g/mol. The molecule has 0 saturated carbocycles. The summed E-state index contributed by atoms with van der Waals surface area (Å²) in [5, 5.41) is 13.2. The number of hydrogen-bond donors (Lipinski definition) is 1. The van der Waals surface area contributed by atoms with Crippen LogP contribution in [-0.4, -0.2) is 29.3 Å². The summed E-state index contributed by atoms with van der Waals surface area (Å²) in [7, 11) is 0. The Kier molecular flexibility index (Phi) is 8.52. The molecule has 10 rings (SSSR count). The van der Waals surface area contributed by atoms with Crippen molar-refractivity contribution in [2.24, 2.45) is 0 Å². The number of nitrogens with zero attached hydrogens (tertiary/aromatic N) is 5. The van der Waals surface area contributed by atoms with Crippen molar-refractivity contribution < 1.29 is 0 Å². The Morgan fingerprint density at radius 2 is 1.20 bits per heavy atom. The van der Waals surface area contributed by atoms with Gasteiger partial charge in [0.2, 0.25) is 0 Å². The predicted molar refractivity (Wildman–Crippen MR) is 251 cm³/mol. The molecule has 6 heteroatoms. The molecule has 0 aliphatic carbocycles. The predicted octanol–water partition coefficient (Wildman–Crippen LogP) is 13.9. The Bertz CT molecular complexity index is 3280. The third-order valence-corrected chi connectivity index (χ3v) is 12.2. The Labute approximate surface area is 351 Å². The van der Waals surface area contributed by atoms with Crippen LogP contribution in [0.2, 0.25) is 0 Å². The quantitative estimate of drug-likeness (QED) is 0.189. The number of aromatic amines is 1. The van der Waals surface area contributed by atoms with Crippen LogP contribution in [0.4, 0.5) is 0 Å². The van der Waals surface area contributed by atoms with Gasteiger partial charge in [-0.05, 0) is 114 Å². The average molecular weight is 783 g/mol. The molecule has 10 aromatic rings. The first kappa shape index (κ1) is 37.5. The molecule has 5 aromatic heterocycles. The highest BCUT2D eigenvalue weighted by Crippen LogP contribution is 2.43. The lowest BCUT2D eigenvalue weighted by molar-refractivity contribution is 0.588. The molecule has 1 N–H and O–H groups in total. The van der Waals surface area contributed by atoms with Gasteiger partial charge < -0.3 is 0 Å². The van der Waals surface area contributed by atoms with E-state index < -0.39 is 0 Å². The van der Waals surface area contributed by atoms with Crippen molar-refractivity contribution in [3.63, 3.8) is 0 Å². The maximum absolute atomic E-state index is 5.64. The molecule has 5 aromatic carbocycles. The van der Waals surface area contributed by atoms with E-state index in [1.165, 1.54) is 49.5 Å². The SMILES string of the molecule is Cc1cc(C)c(-c2c(-c3ccccc3)n[nH]c2-c2ccc3c4cc(C(C)(C)C)ccc4n(-c4ccc5c6ccccc6n(-c6cc(C(C)(C)C)ccn6)c5c4)c3n2)c(C)c1. The van der Waals surface area contributed by atoms with E-state index in [0.29, 0.717) is 0 Å². The maximum Gasteiger partial charge on any atom is 0.146 e. The summed E-state index contributed by atoms with van der Waals surface area (Å²) in [4.78, 5) is 10.6. The summed E-state index contributed by atoms with van der Waals surface area (Å²) in [5.74, 6) is 0.908. The van der Waals surface area contributed by atoms with E-state index in [2.05, 4.69) is 204 Å². The topological polar surface area (TPSA) is 64.3 Å². The van der Waals surface area contributed by atoms with E-state index >= 15 is 0 Å². The van der Waals surface area contributed by atoms with Gasteiger partial charge in [0.1, 0.15) is 17.2 Å². The van der Waals surface area contributed by atoms with Gasteiger partial charge in [-0.3, -0.25) is 14.2 Å². The van der Waals surface area contributed by atoms with Crippen molar-refractivity contribution in [3.8, 4) is 45.3 Å². The van der Waals surface area contributed by atoms with Crippen molar-refractivity contribution in [3.05, 3.63) is 161 Å². The van der Waals surface area contributed by atoms with Gasteiger partial charge in [0.25, 0.3) is 0 Å². The number of pyridine rings is 2. The zero-order valence-corrected chi connectivity index (χ0v) is 35.9. The zero-order valence-electron chi connectivity index (χ0n) is 35.9. The second kappa shape index (κ2) is 13.6. The molecule has 0 radical (unpaired) electrons. The molecule has 0 saturated heterocycles. The van der Waals surface area contributed by atoms with E-state index in [1.807, 2.05) is 6.20 Å². The number of hydrogen-bond acceptors (Lipinski definition) is 3. The standard InChI is InChI=1S/C54H50N6/c1-32-27-33(2)48(34(3)28-32)49-50(35-15-11-10-12-16-35)57-58-51(49)43-23-22-41-42-29-36(53(4,5)6)19-24-45(42)59(52(41)56-43)38-20-21-40-39-17-13-14-18-44(39)60(46(40)31-38)47-30-37(25-26-55-47)54(7,8)9/h10-31H,1-9H3,(H,57,58). The van der Waals surface area contributed by atoms with E-state index in [-0.39, 0.29) is 10.8 Å². The fourth-order valence-corrected chi connectivity index (χ4v) is 9.26. The summed E-state index contributed by atoms with van der Waals surface area (Å²) in [6.07, 6.45) is 1.94. The number of rotatable bonds is 5. The second-order valence-corrected chi connectivity index (χ2v) is 18.6. The first-order valence-electron chi connectivity index (χ1n) is 20.9. The lowest BCUT2D eigenvalue weighted by Gasteiger charge is -2.20. The summed E-state index contributed by atoms with van der Waals surface area (Å²) in [6.45, 7) is 20.1. The molecule has 0 aliphatic heterocycles. The number of aryl methyl sites for hydroxylation is 3. The molecule has 6 nitrogen and oxygen atoms in total. The Morgan fingerprint density at radius 3 is 1.95 bits per heavy atom. The first-order valence-corrected chi connectivity index (χ1v) is 20.9. The van der Waals surface area contributed by atoms with Crippen LogP contribution in [0.3, 0.4) is 0 Å². The van der Waals surface area contributed by atoms with Crippen LogP contribution in [0.25, 0.3) is 89.0 Å². The van der Waals surface area contributed by atoms with Crippen LogP contribution >= 0.6 is 0 Å². The van der Waals surface area contributed by atoms with E-state index in [9.17, 15) is 0 Å². The van der Waals surface area contributed by atoms with Gasteiger partial charge in [-0.1, -0.05) is 120 Å². The highest BCUT2D eigenvalue weighted by atomic mass is 15.1. The lowest BCUT2D eigenvalue weighted by Crippen LogP contribution is -2.12. The molecule has 0 unspecified atom stereocenters. The van der Waals surface area contributed by atoms with Gasteiger partial charge in [-0.2, -0.15) is 5.10 Å². The Balaban J connectivity index is 1.26. The van der Waals surface area contributed by atoms with E-state index in [4.69, 9.17) is 15.1 Å². The van der Waals surface area contributed by atoms with Gasteiger partial charge in [-0.15, -0.1) is 0 Å². The first-order chi connectivity index (χ1) is 28.8. The summed E-state index contributed by atoms with van der Waals surface area (Å²) in [6, 6.07) is 46.2. The lowest BCUT2D eigenvalue weighted by atomic mass is 9.86. The molecule has 60 heavy (non-hydrogen) atoms. The minimum Gasteiger partial charge on any atom is -0.294 e. The minimum atomic E-state index is -0.0210. The fraction of sp³-hybridized carbons (Fsp3) is 0.204. The second-order valence-electron chi connectivity index (χ2n) is 18.6. The van der Waals surface area contributed by atoms with E-state index in [0.717, 1.165) is 67.3 Å². The van der Waals surface area contributed by atoms with Gasteiger partial charge in [0, 0.05) is 44.6 Å². The van der Waals surface area contributed by atoms with Crippen LogP contribution in [-0.2, 0) is 10.8 Å². The normalized spacial score (nSPS) is 12.4. The van der Waals surface area contributed by atoms with Crippen LogP contribution in [0.15, 0.2) is 134 Å². The number of aromatic nitrogens is 6. The zero-order chi connectivity index (χ0) is 41.7. The highest BCUT2D eigenvalue weighted by Gasteiger charge is 2.25. The number of nitrogens with one attached hydrogen (secondary N) is 1. The number of fused-ring (bicyclic) bond motifs is 6. The van der Waals surface area contributed by atoms with Crippen molar-refractivity contribution in [2.75, 3.05) is 0 Å². The van der Waals surface area contributed by atoms with Crippen LogP contribution in [0.1, 0.15) is 69.4 Å². The molecule has 0 atom stereocenters. The van der Waals surface area contributed by atoms with Gasteiger partial charge in [0.05, 0.1) is 27.9 Å². The molecule has 5 heterocycles. The summed E-state index contributed by atoms with van der Waals surface area (Å²) in [5.41, 5.74) is 17.4.